The fourth-order valence-electron chi connectivity index (χ4n) is 2.24. The van der Waals surface area contributed by atoms with Gasteiger partial charge in [-0.25, -0.2) is 4.79 Å². The zero-order chi connectivity index (χ0) is 18.7. The lowest BCUT2D eigenvalue weighted by atomic mass is 10.2. The zero-order valence-electron chi connectivity index (χ0n) is 13.2. The third-order valence-corrected chi connectivity index (χ3v) is 5.25. The Bertz CT molecular complexity index is 894. The SMILES string of the molecule is O=C(O)COc1ccc(/C=C2/SC(=S)N(c3ccc(Br)cc3)C2=O)cc1. The number of aliphatic carboxylic acids is 1. The van der Waals surface area contributed by atoms with E-state index in [1.54, 1.807) is 30.3 Å². The molecule has 0 radical (unpaired) electrons. The topological polar surface area (TPSA) is 66.8 Å². The van der Waals surface area contributed by atoms with Crippen LogP contribution in [0.25, 0.3) is 6.08 Å². The molecule has 1 heterocycles. The van der Waals surface area contributed by atoms with E-state index < -0.39 is 12.6 Å². The Labute approximate surface area is 167 Å². The van der Waals surface area contributed by atoms with Crippen molar-refractivity contribution in [2.75, 3.05) is 11.5 Å². The van der Waals surface area contributed by atoms with Gasteiger partial charge >= 0.3 is 5.97 Å². The number of benzene rings is 2. The number of ether oxygens (including phenoxy) is 1. The first-order chi connectivity index (χ1) is 12.4. The minimum atomic E-state index is -1.04. The highest BCUT2D eigenvalue weighted by atomic mass is 79.9. The number of carboxylic acid groups (broad SMARTS) is 1. The van der Waals surface area contributed by atoms with Gasteiger partial charge in [0.1, 0.15) is 5.75 Å². The van der Waals surface area contributed by atoms with Crippen molar-refractivity contribution in [1.82, 2.24) is 0 Å². The van der Waals surface area contributed by atoms with Crippen LogP contribution in [0.15, 0.2) is 57.9 Å². The molecule has 8 heteroatoms. The Morgan fingerprint density at radius 3 is 2.46 bits per heavy atom. The van der Waals surface area contributed by atoms with Crippen molar-refractivity contribution in [1.29, 1.82) is 0 Å². The van der Waals surface area contributed by atoms with Crippen molar-refractivity contribution in [2.45, 2.75) is 0 Å². The Morgan fingerprint density at radius 2 is 1.85 bits per heavy atom. The molecular weight excluding hydrogens is 438 g/mol. The first-order valence-electron chi connectivity index (χ1n) is 7.42. The number of hydrogen-bond acceptors (Lipinski definition) is 5. The van der Waals surface area contributed by atoms with Crippen molar-refractivity contribution in [2.24, 2.45) is 0 Å². The van der Waals surface area contributed by atoms with E-state index in [0.29, 0.717) is 15.0 Å². The third-order valence-electron chi connectivity index (χ3n) is 3.42. The van der Waals surface area contributed by atoms with Gasteiger partial charge in [0.25, 0.3) is 5.91 Å². The molecule has 0 atom stereocenters. The highest BCUT2D eigenvalue weighted by Gasteiger charge is 2.33. The second kappa shape index (κ2) is 8.03. The molecule has 0 unspecified atom stereocenters. The Kier molecular flexibility index (Phi) is 5.75. The van der Waals surface area contributed by atoms with E-state index in [2.05, 4.69) is 15.9 Å². The number of anilines is 1. The van der Waals surface area contributed by atoms with Crippen LogP contribution >= 0.6 is 39.9 Å². The molecular formula is C18H12BrNO4S2. The lowest BCUT2D eigenvalue weighted by Gasteiger charge is -2.14. The summed E-state index contributed by atoms with van der Waals surface area (Å²) in [6.07, 6.45) is 1.75. The maximum Gasteiger partial charge on any atom is 0.341 e. The molecule has 1 amide bonds. The average molecular weight is 450 g/mol. The molecule has 1 saturated heterocycles. The molecule has 2 aromatic rings. The molecule has 1 fully saturated rings. The van der Waals surface area contributed by atoms with Crippen LogP contribution in [0.5, 0.6) is 5.75 Å². The summed E-state index contributed by atoms with van der Waals surface area (Å²) >= 11 is 9.96. The van der Waals surface area contributed by atoms with Crippen molar-refractivity contribution in [3.63, 3.8) is 0 Å². The van der Waals surface area contributed by atoms with E-state index in [-0.39, 0.29) is 5.91 Å². The summed E-state index contributed by atoms with van der Waals surface area (Å²) < 4.78 is 6.49. The minimum absolute atomic E-state index is 0.173. The number of carbonyl (C=O) groups excluding carboxylic acids is 1. The second-order valence-electron chi connectivity index (χ2n) is 5.24. The summed E-state index contributed by atoms with van der Waals surface area (Å²) in [6, 6.07) is 14.2. The molecule has 0 spiro atoms. The van der Waals surface area contributed by atoms with E-state index in [4.69, 9.17) is 22.1 Å². The van der Waals surface area contributed by atoms with Gasteiger partial charge in [-0.3, -0.25) is 9.69 Å². The number of halogens is 1. The zero-order valence-corrected chi connectivity index (χ0v) is 16.4. The Morgan fingerprint density at radius 1 is 1.19 bits per heavy atom. The van der Waals surface area contributed by atoms with Gasteiger partial charge in [0.05, 0.1) is 10.6 Å². The minimum Gasteiger partial charge on any atom is -0.482 e. The van der Waals surface area contributed by atoms with Gasteiger partial charge in [-0.1, -0.05) is 52.0 Å². The number of carboxylic acids is 1. The van der Waals surface area contributed by atoms with Crippen LogP contribution in [0.1, 0.15) is 5.56 Å². The molecule has 1 aliphatic rings. The number of nitrogens with zero attached hydrogens (tertiary/aromatic N) is 1. The smallest absolute Gasteiger partial charge is 0.341 e. The number of thiocarbonyl (C=S) groups is 1. The van der Waals surface area contributed by atoms with E-state index in [1.807, 2.05) is 24.3 Å². The number of amides is 1. The van der Waals surface area contributed by atoms with Crippen LogP contribution in [0.3, 0.4) is 0 Å². The summed E-state index contributed by atoms with van der Waals surface area (Å²) in [5, 5.41) is 8.61. The molecule has 132 valence electrons. The molecule has 2 aromatic carbocycles. The summed E-state index contributed by atoms with van der Waals surface area (Å²) in [7, 11) is 0. The standard InChI is InChI=1S/C18H12BrNO4S2/c19-12-3-5-13(6-4-12)20-17(23)15(26-18(20)25)9-11-1-7-14(8-2-11)24-10-16(21)22/h1-9H,10H2,(H,21,22)/b15-9+. The van der Waals surface area contributed by atoms with Gasteiger partial charge in [0, 0.05) is 4.47 Å². The molecule has 3 rings (SSSR count). The Balaban J connectivity index is 1.77. The van der Waals surface area contributed by atoms with Crippen molar-refractivity contribution >= 4 is 67.9 Å². The molecule has 1 N–H and O–H groups in total. The predicted molar refractivity (Wildman–Crippen MR) is 109 cm³/mol. The second-order valence-corrected chi connectivity index (χ2v) is 7.84. The average Bonchev–Trinajstić information content (AvgIpc) is 2.89. The highest BCUT2D eigenvalue weighted by Crippen LogP contribution is 2.36. The van der Waals surface area contributed by atoms with Crippen LogP contribution in [-0.2, 0) is 9.59 Å². The summed E-state index contributed by atoms with van der Waals surface area (Å²) in [6.45, 7) is -0.398. The largest absolute Gasteiger partial charge is 0.482 e. The van der Waals surface area contributed by atoms with Gasteiger partial charge in [-0.05, 0) is 48.0 Å². The number of hydrogen-bond donors (Lipinski definition) is 1. The van der Waals surface area contributed by atoms with Crippen molar-refractivity contribution in [3.05, 3.63) is 63.5 Å². The normalized spacial score (nSPS) is 15.6. The maximum absolute atomic E-state index is 12.7. The molecule has 0 bridgehead atoms. The summed E-state index contributed by atoms with van der Waals surface area (Å²) in [5.41, 5.74) is 1.51. The van der Waals surface area contributed by atoms with Gasteiger partial charge < -0.3 is 9.84 Å². The van der Waals surface area contributed by atoms with Gasteiger partial charge in [0.2, 0.25) is 0 Å². The number of thioether (sulfide) groups is 1. The molecule has 1 aliphatic heterocycles. The van der Waals surface area contributed by atoms with E-state index in [0.717, 1.165) is 15.7 Å². The lowest BCUT2D eigenvalue weighted by molar-refractivity contribution is -0.139. The van der Waals surface area contributed by atoms with Gasteiger partial charge in [-0.15, -0.1) is 0 Å². The molecule has 5 nitrogen and oxygen atoms in total. The van der Waals surface area contributed by atoms with Crippen LogP contribution in [0.2, 0.25) is 0 Å². The van der Waals surface area contributed by atoms with Crippen LogP contribution in [-0.4, -0.2) is 27.9 Å². The fraction of sp³-hybridized carbons (Fsp3) is 0.0556. The van der Waals surface area contributed by atoms with Crippen LogP contribution < -0.4 is 9.64 Å². The van der Waals surface area contributed by atoms with Gasteiger partial charge in [-0.2, -0.15) is 0 Å². The predicted octanol–water partition coefficient (Wildman–Crippen LogP) is 4.32. The lowest BCUT2D eigenvalue weighted by Crippen LogP contribution is -2.27. The van der Waals surface area contributed by atoms with Crippen LogP contribution in [0.4, 0.5) is 5.69 Å². The van der Waals surface area contributed by atoms with Crippen molar-refractivity contribution in [3.8, 4) is 5.75 Å². The first kappa shape index (κ1) is 18.6. The highest BCUT2D eigenvalue weighted by molar-refractivity contribution is 9.10. The molecule has 0 aliphatic carbocycles. The van der Waals surface area contributed by atoms with Crippen LogP contribution in [0, 0.1) is 0 Å². The van der Waals surface area contributed by atoms with E-state index in [1.165, 1.54) is 16.7 Å². The third kappa shape index (κ3) is 4.32. The van der Waals surface area contributed by atoms with Crippen molar-refractivity contribution < 1.29 is 19.4 Å². The van der Waals surface area contributed by atoms with E-state index in [9.17, 15) is 9.59 Å². The number of rotatable bonds is 5. The monoisotopic (exact) mass is 449 g/mol. The summed E-state index contributed by atoms with van der Waals surface area (Å²) in [5.74, 6) is -0.758. The maximum atomic E-state index is 12.7. The van der Waals surface area contributed by atoms with E-state index >= 15 is 0 Å². The molecule has 26 heavy (non-hydrogen) atoms. The first-order valence-corrected chi connectivity index (χ1v) is 9.44. The number of carbonyl (C=O) groups is 2. The Hall–Kier alpha value is -2.16. The fourth-order valence-corrected chi connectivity index (χ4v) is 3.80. The quantitative estimate of drug-likeness (QED) is 0.541. The van der Waals surface area contributed by atoms with Gasteiger partial charge in [0.15, 0.2) is 10.9 Å². The summed E-state index contributed by atoms with van der Waals surface area (Å²) in [4.78, 5) is 25.2. The molecule has 0 aromatic heterocycles. The molecule has 0 saturated carbocycles.